The molecule has 82 valence electrons. The topological polar surface area (TPSA) is 35.0 Å². The molecule has 1 heterocycles. The van der Waals surface area contributed by atoms with E-state index in [1.807, 2.05) is 0 Å². The summed E-state index contributed by atoms with van der Waals surface area (Å²) in [5.74, 6) is 0.0500. The van der Waals surface area contributed by atoms with Gasteiger partial charge < -0.3 is 4.74 Å². The van der Waals surface area contributed by atoms with Crippen LogP contribution in [0.4, 0.5) is 4.39 Å². The van der Waals surface area contributed by atoms with Gasteiger partial charge in [-0.2, -0.15) is 0 Å². The first-order valence-electron chi connectivity index (χ1n) is 4.54. The van der Waals surface area contributed by atoms with Crippen LogP contribution in [0.15, 0.2) is 34.8 Å². The van der Waals surface area contributed by atoms with E-state index in [1.54, 1.807) is 24.3 Å². The van der Waals surface area contributed by atoms with Crippen LogP contribution in [-0.4, -0.2) is 17.3 Å². The standard InChI is InChI=1S/C11H8BrFN2O/c1-16-11-8(12)6-10(14-15-11)7-4-2-3-5-9(7)13/h2-6H,1H3. The Balaban J connectivity index is 2.50. The Morgan fingerprint density at radius 2 is 2.00 bits per heavy atom. The van der Waals surface area contributed by atoms with Crippen molar-refractivity contribution in [3.63, 3.8) is 0 Å². The highest BCUT2D eigenvalue weighted by molar-refractivity contribution is 9.10. The van der Waals surface area contributed by atoms with Crippen molar-refractivity contribution in [2.45, 2.75) is 0 Å². The average Bonchev–Trinajstić information content (AvgIpc) is 2.29. The van der Waals surface area contributed by atoms with Crippen molar-refractivity contribution in [1.82, 2.24) is 10.2 Å². The van der Waals surface area contributed by atoms with Crippen LogP contribution in [0.5, 0.6) is 5.88 Å². The summed E-state index contributed by atoms with van der Waals surface area (Å²) >= 11 is 3.28. The molecule has 1 aromatic carbocycles. The zero-order valence-electron chi connectivity index (χ0n) is 8.45. The number of hydrogen-bond acceptors (Lipinski definition) is 3. The number of nitrogens with zero attached hydrogens (tertiary/aromatic N) is 2. The second kappa shape index (κ2) is 4.57. The number of aromatic nitrogens is 2. The number of halogens is 2. The summed E-state index contributed by atoms with van der Waals surface area (Å²) in [5.41, 5.74) is 0.879. The SMILES string of the molecule is COc1nnc(-c2ccccc2F)cc1Br. The first-order chi connectivity index (χ1) is 7.72. The highest BCUT2D eigenvalue weighted by Gasteiger charge is 2.09. The zero-order valence-corrected chi connectivity index (χ0v) is 10.0. The fourth-order valence-corrected chi connectivity index (χ4v) is 1.75. The van der Waals surface area contributed by atoms with Crippen LogP contribution >= 0.6 is 15.9 Å². The average molecular weight is 283 g/mol. The van der Waals surface area contributed by atoms with Crippen LogP contribution in [0.3, 0.4) is 0 Å². The van der Waals surface area contributed by atoms with Crippen molar-refractivity contribution in [1.29, 1.82) is 0 Å². The Kier molecular flexibility index (Phi) is 3.14. The van der Waals surface area contributed by atoms with Crippen molar-refractivity contribution in [2.75, 3.05) is 7.11 Å². The third kappa shape index (κ3) is 2.04. The molecule has 0 aliphatic rings. The molecule has 2 aromatic rings. The third-order valence-corrected chi connectivity index (χ3v) is 2.63. The van der Waals surface area contributed by atoms with Crippen LogP contribution in [0.2, 0.25) is 0 Å². The van der Waals surface area contributed by atoms with Gasteiger partial charge in [-0.1, -0.05) is 12.1 Å². The fraction of sp³-hybridized carbons (Fsp3) is 0.0909. The smallest absolute Gasteiger partial charge is 0.247 e. The molecule has 0 spiro atoms. The van der Waals surface area contributed by atoms with E-state index in [2.05, 4.69) is 26.1 Å². The van der Waals surface area contributed by atoms with E-state index in [-0.39, 0.29) is 5.82 Å². The monoisotopic (exact) mass is 282 g/mol. The Morgan fingerprint density at radius 1 is 1.25 bits per heavy atom. The summed E-state index contributed by atoms with van der Waals surface area (Å²) < 4.78 is 19.1. The first-order valence-corrected chi connectivity index (χ1v) is 5.34. The molecular formula is C11H8BrFN2O. The van der Waals surface area contributed by atoms with Crippen LogP contribution in [-0.2, 0) is 0 Å². The largest absolute Gasteiger partial charge is 0.479 e. The van der Waals surface area contributed by atoms with Crippen LogP contribution in [0.25, 0.3) is 11.3 Å². The predicted molar refractivity (Wildman–Crippen MR) is 61.7 cm³/mol. The van der Waals surface area contributed by atoms with Gasteiger partial charge in [0.25, 0.3) is 0 Å². The lowest BCUT2D eigenvalue weighted by Gasteiger charge is -2.04. The zero-order chi connectivity index (χ0) is 11.5. The fourth-order valence-electron chi connectivity index (χ4n) is 1.30. The van der Waals surface area contributed by atoms with Gasteiger partial charge >= 0.3 is 0 Å². The Bertz CT molecular complexity index is 519. The lowest BCUT2D eigenvalue weighted by Crippen LogP contribution is -1.95. The number of methoxy groups -OCH3 is 1. The van der Waals surface area contributed by atoms with Crippen LogP contribution < -0.4 is 4.74 Å². The van der Waals surface area contributed by atoms with E-state index in [9.17, 15) is 4.39 Å². The molecule has 0 unspecified atom stereocenters. The quantitative estimate of drug-likeness (QED) is 0.849. The first kappa shape index (κ1) is 11.0. The Labute approximate surface area is 100 Å². The highest BCUT2D eigenvalue weighted by Crippen LogP contribution is 2.27. The van der Waals surface area contributed by atoms with Gasteiger partial charge in [-0.3, -0.25) is 0 Å². The van der Waals surface area contributed by atoms with E-state index < -0.39 is 0 Å². The van der Waals surface area contributed by atoms with Crippen LogP contribution in [0.1, 0.15) is 0 Å². The molecule has 0 aliphatic heterocycles. The minimum atomic E-state index is -0.325. The summed E-state index contributed by atoms with van der Waals surface area (Å²) in [5, 5.41) is 7.72. The molecule has 0 fully saturated rings. The molecule has 2 rings (SSSR count). The van der Waals surface area contributed by atoms with Gasteiger partial charge in [-0.25, -0.2) is 4.39 Å². The minimum Gasteiger partial charge on any atom is -0.479 e. The van der Waals surface area contributed by atoms with E-state index in [1.165, 1.54) is 13.2 Å². The second-order valence-electron chi connectivity index (χ2n) is 3.07. The van der Waals surface area contributed by atoms with Crippen LogP contribution in [0, 0.1) is 5.82 Å². The maximum atomic E-state index is 13.5. The van der Waals surface area contributed by atoms with E-state index in [0.717, 1.165) is 0 Å². The molecule has 0 atom stereocenters. The van der Waals surface area contributed by atoms with Gasteiger partial charge in [-0.05, 0) is 34.1 Å². The Hall–Kier alpha value is -1.49. The Morgan fingerprint density at radius 3 is 2.62 bits per heavy atom. The summed E-state index contributed by atoms with van der Waals surface area (Å²) in [4.78, 5) is 0. The van der Waals surface area contributed by atoms with Crippen molar-refractivity contribution in [3.05, 3.63) is 40.6 Å². The van der Waals surface area contributed by atoms with Gasteiger partial charge in [0.2, 0.25) is 5.88 Å². The summed E-state index contributed by atoms with van der Waals surface area (Å²) in [7, 11) is 1.50. The number of ether oxygens (including phenoxy) is 1. The normalized spacial score (nSPS) is 10.2. The van der Waals surface area contributed by atoms with Crippen molar-refractivity contribution in [2.24, 2.45) is 0 Å². The molecule has 0 bridgehead atoms. The molecule has 0 N–H and O–H groups in total. The van der Waals surface area contributed by atoms with Crippen molar-refractivity contribution < 1.29 is 9.13 Å². The predicted octanol–water partition coefficient (Wildman–Crippen LogP) is 3.05. The van der Waals surface area contributed by atoms with Crippen molar-refractivity contribution in [3.8, 4) is 17.1 Å². The molecule has 0 amide bonds. The minimum absolute atomic E-state index is 0.325. The molecule has 5 heteroatoms. The van der Waals surface area contributed by atoms with E-state index in [4.69, 9.17) is 4.74 Å². The molecule has 16 heavy (non-hydrogen) atoms. The van der Waals surface area contributed by atoms with Gasteiger partial charge in [0, 0.05) is 5.56 Å². The molecule has 1 aromatic heterocycles. The van der Waals surface area contributed by atoms with Gasteiger partial charge in [0.05, 0.1) is 17.3 Å². The molecular weight excluding hydrogens is 275 g/mol. The summed E-state index contributed by atoms with van der Waals surface area (Å²) in [6.07, 6.45) is 0. The summed E-state index contributed by atoms with van der Waals surface area (Å²) in [6.45, 7) is 0. The molecule has 0 saturated carbocycles. The molecule has 0 radical (unpaired) electrons. The van der Waals surface area contributed by atoms with E-state index >= 15 is 0 Å². The molecule has 3 nitrogen and oxygen atoms in total. The van der Waals surface area contributed by atoms with Gasteiger partial charge in [0.15, 0.2) is 0 Å². The lowest BCUT2D eigenvalue weighted by molar-refractivity contribution is 0.389. The summed E-state index contributed by atoms with van der Waals surface area (Å²) in [6, 6.07) is 8.08. The maximum absolute atomic E-state index is 13.5. The third-order valence-electron chi connectivity index (χ3n) is 2.06. The molecule has 0 saturated heterocycles. The second-order valence-corrected chi connectivity index (χ2v) is 3.92. The van der Waals surface area contributed by atoms with Gasteiger partial charge in [0.1, 0.15) is 5.82 Å². The number of rotatable bonds is 2. The molecule has 0 aliphatic carbocycles. The lowest BCUT2D eigenvalue weighted by atomic mass is 10.1. The van der Waals surface area contributed by atoms with Gasteiger partial charge in [-0.15, -0.1) is 10.2 Å². The van der Waals surface area contributed by atoms with Crippen molar-refractivity contribution >= 4 is 15.9 Å². The number of benzene rings is 1. The van der Waals surface area contributed by atoms with E-state index in [0.29, 0.717) is 21.6 Å². The highest BCUT2D eigenvalue weighted by atomic mass is 79.9. The number of hydrogen-bond donors (Lipinski definition) is 0. The maximum Gasteiger partial charge on any atom is 0.247 e.